The van der Waals surface area contributed by atoms with Crippen LogP contribution in [0.15, 0.2) is 46.9 Å². The molecule has 18 heavy (non-hydrogen) atoms. The zero-order valence-corrected chi connectivity index (χ0v) is 12.6. The van der Waals surface area contributed by atoms with E-state index < -0.39 is 0 Å². The van der Waals surface area contributed by atoms with E-state index in [-0.39, 0.29) is 6.04 Å². The smallest absolute Gasteiger partial charge is 0.0585 e. The quantitative estimate of drug-likeness (QED) is 0.887. The van der Waals surface area contributed by atoms with Crippen molar-refractivity contribution in [2.75, 3.05) is 7.05 Å². The summed E-state index contributed by atoms with van der Waals surface area (Å²) in [5.74, 6) is 0. The molecule has 2 heteroatoms. The molecule has 0 heterocycles. The predicted molar refractivity (Wildman–Crippen MR) is 81.0 cm³/mol. The number of hydrogen-bond acceptors (Lipinski definition) is 1. The van der Waals surface area contributed by atoms with Crippen LogP contribution < -0.4 is 5.32 Å². The van der Waals surface area contributed by atoms with Crippen LogP contribution in [0.2, 0.25) is 0 Å². The van der Waals surface area contributed by atoms with Gasteiger partial charge in [0.1, 0.15) is 0 Å². The molecule has 0 aliphatic carbocycles. The van der Waals surface area contributed by atoms with Gasteiger partial charge in [0.2, 0.25) is 0 Å². The van der Waals surface area contributed by atoms with Crippen LogP contribution >= 0.6 is 15.9 Å². The number of rotatable bonds is 3. The predicted octanol–water partition coefficient (Wildman–Crippen LogP) is 4.37. The third kappa shape index (κ3) is 2.82. The van der Waals surface area contributed by atoms with E-state index >= 15 is 0 Å². The van der Waals surface area contributed by atoms with Crippen LogP contribution in [0, 0.1) is 13.8 Å². The van der Waals surface area contributed by atoms with E-state index in [2.05, 4.69) is 77.6 Å². The fourth-order valence-electron chi connectivity index (χ4n) is 2.13. The van der Waals surface area contributed by atoms with Crippen LogP contribution in [0.5, 0.6) is 0 Å². The summed E-state index contributed by atoms with van der Waals surface area (Å²) >= 11 is 3.66. The minimum Gasteiger partial charge on any atom is -0.309 e. The molecule has 0 aromatic heterocycles. The maximum Gasteiger partial charge on any atom is 0.0585 e. The van der Waals surface area contributed by atoms with E-state index in [9.17, 15) is 0 Å². The summed E-state index contributed by atoms with van der Waals surface area (Å²) < 4.78 is 1.16. The number of benzene rings is 2. The first-order chi connectivity index (χ1) is 8.61. The lowest BCUT2D eigenvalue weighted by Crippen LogP contribution is -2.18. The van der Waals surface area contributed by atoms with Gasteiger partial charge in [0, 0.05) is 4.47 Å². The topological polar surface area (TPSA) is 12.0 Å². The van der Waals surface area contributed by atoms with Crippen molar-refractivity contribution < 1.29 is 0 Å². The molecule has 0 amide bonds. The highest BCUT2D eigenvalue weighted by Crippen LogP contribution is 2.29. The van der Waals surface area contributed by atoms with Crippen molar-refractivity contribution >= 4 is 15.9 Å². The van der Waals surface area contributed by atoms with Crippen LogP contribution in [0.4, 0.5) is 0 Å². The first kappa shape index (κ1) is 13.3. The van der Waals surface area contributed by atoms with Crippen molar-refractivity contribution in [3.63, 3.8) is 0 Å². The SMILES string of the molecule is CNC(c1ccc(C)cc1)c1ccc(C)cc1Br. The molecule has 2 rings (SSSR count). The normalized spacial score (nSPS) is 12.4. The average Bonchev–Trinajstić information content (AvgIpc) is 2.35. The zero-order valence-electron chi connectivity index (χ0n) is 11.0. The second-order valence-corrected chi connectivity index (χ2v) is 5.51. The highest BCUT2D eigenvalue weighted by Gasteiger charge is 2.14. The van der Waals surface area contributed by atoms with Gasteiger partial charge in [-0.25, -0.2) is 0 Å². The molecule has 0 fully saturated rings. The molecule has 1 N–H and O–H groups in total. The third-order valence-electron chi connectivity index (χ3n) is 3.17. The molecule has 0 aliphatic heterocycles. The molecule has 1 atom stereocenters. The van der Waals surface area contributed by atoms with Gasteiger partial charge in [-0.1, -0.05) is 57.9 Å². The highest BCUT2D eigenvalue weighted by atomic mass is 79.9. The summed E-state index contributed by atoms with van der Waals surface area (Å²) in [6.45, 7) is 4.22. The molecular weight excluding hydrogens is 286 g/mol. The summed E-state index contributed by atoms with van der Waals surface area (Å²) in [4.78, 5) is 0. The van der Waals surface area contributed by atoms with Crippen LogP contribution in [0.1, 0.15) is 28.3 Å². The Morgan fingerprint density at radius 3 is 2.11 bits per heavy atom. The summed E-state index contributed by atoms with van der Waals surface area (Å²) in [6, 6.07) is 15.4. The standard InChI is InChI=1S/C16H18BrN/c1-11-4-7-13(8-5-11)16(18-3)14-9-6-12(2)10-15(14)17/h4-10,16,18H,1-3H3. The number of aryl methyl sites for hydroxylation is 2. The van der Waals surface area contributed by atoms with Crippen molar-refractivity contribution in [2.24, 2.45) is 0 Å². The van der Waals surface area contributed by atoms with Crippen LogP contribution in [0.3, 0.4) is 0 Å². The Morgan fingerprint density at radius 1 is 0.944 bits per heavy atom. The lowest BCUT2D eigenvalue weighted by atomic mass is 9.97. The minimum atomic E-state index is 0.223. The van der Waals surface area contributed by atoms with Gasteiger partial charge in [0.25, 0.3) is 0 Å². The van der Waals surface area contributed by atoms with Gasteiger partial charge in [-0.05, 0) is 43.7 Å². The second-order valence-electron chi connectivity index (χ2n) is 4.66. The van der Waals surface area contributed by atoms with Gasteiger partial charge in [-0.3, -0.25) is 0 Å². The number of hydrogen-bond donors (Lipinski definition) is 1. The highest BCUT2D eigenvalue weighted by molar-refractivity contribution is 9.10. The zero-order chi connectivity index (χ0) is 13.1. The molecule has 0 bridgehead atoms. The van der Waals surface area contributed by atoms with Gasteiger partial charge in [0.05, 0.1) is 6.04 Å². The summed E-state index contributed by atoms with van der Waals surface area (Å²) in [7, 11) is 2.00. The Labute approximate surface area is 117 Å². The van der Waals surface area contributed by atoms with Gasteiger partial charge >= 0.3 is 0 Å². The van der Waals surface area contributed by atoms with Crippen molar-refractivity contribution in [2.45, 2.75) is 19.9 Å². The van der Waals surface area contributed by atoms with Crippen LogP contribution in [-0.4, -0.2) is 7.05 Å². The Balaban J connectivity index is 2.41. The van der Waals surface area contributed by atoms with Crippen LogP contribution in [-0.2, 0) is 0 Å². The Bertz CT molecular complexity index is 531. The molecule has 0 radical (unpaired) electrons. The van der Waals surface area contributed by atoms with Gasteiger partial charge < -0.3 is 5.32 Å². The fourth-order valence-corrected chi connectivity index (χ4v) is 2.85. The van der Waals surface area contributed by atoms with E-state index in [1.54, 1.807) is 0 Å². The molecule has 1 unspecified atom stereocenters. The Hall–Kier alpha value is -1.12. The van der Waals surface area contributed by atoms with Gasteiger partial charge in [-0.15, -0.1) is 0 Å². The summed E-state index contributed by atoms with van der Waals surface area (Å²) in [5, 5.41) is 3.38. The summed E-state index contributed by atoms with van der Waals surface area (Å²) in [5.41, 5.74) is 5.11. The largest absolute Gasteiger partial charge is 0.309 e. The third-order valence-corrected chi connectivity index (χ3v) is 3.85. The average molecular weight is 304 g/mol. The molecule has 0 aliphatic rings. The lowest BCUT2D eigenvalue weighted by molar-refractivity contribution is 0.688. The first-order valence-corrected chi connectivity index (χ1v) is 6.91. The van der Waals surface area contributed by atoms with Crippen molar-refractivity contribution in [3.8, 4) is 0 Å². The minimum absolute atomic E-state index is 0.223. The monoisotopic (exact) mass is 303 g/mol. The first-order valence-electron chi connectivity index (χ1n) is 6.11. The molecule has 2 aromatic carbocycles. The molecule has 2 aromatic rings. The Kier molecular flexibility index (Phi) is 4.20. The van der Waals surface area contributed by atoms with Crippen molar-refractivity contribution in [1.82, 2.24) is 5.32 Å². The molecule has 1 nitrogen and oxygen atoms in total. The molecule has 0 saturated carbocycles. The lowest BCUT2D eigenvalue weighted by Gasteiger charge is -2.19. The summed E-state index contributed by atoms with van der Waals surface area (Å²) in [6.07, 6.45) is 0. The molecular formula is C16H18BrN. The van der Waals surface area contributed by atoms with E-state index in [1.807, 2.05) is 7.05 Å². The second kappa shape index (κ2) is 5.68. The fraction of sp³-hybridized carbons (Fsp3) is 0.250. The van der Waals surface area contributed by atoms with E-state index in [0.717, 1.165) is 4.47 Å². The Morgan fingerprint density at radius 2 is 1.56 bits per heavy atom. The number of halogens is 1. The maximum atomic E-state index is 3.66. The molecule has 0 saturated heterocycles. The van der Waals surface area contributed by atoms with E-state index in [0.29, 0.717) is 0 Å². The van der Waals surface area contributed by atoms with E-state index in [4.69, 9.17) is 0 Å². The van der Waals surface area contributed by atoms with Gasteiger partial charge in [0.15, 0.2) is 0 Å². The van der Waals surface area contributed by atoms with Crippen LogP contribution in [0.25, 0.3) is 0 Å². The molecule has 94 valence electrons. The maximum absolute atomic E-state index is 3.66. The molecule has 0 spiro atoms. The van der Waals surface area contributed by atoms with Gasteiger partial charge in [-0.2, -0.15) is 0 Å². The van der Waals surface area contributed by atoms with E-state index in [1.165, 1.54) is 22.3 Å². The van der Waals surface area contributed by atoms with Crippen molar-refractivity contribution in [3.05, 3.63) is 69.2 Å². The van der Waals surface area contributed by atoms with Crippen molar-refractivity contribution in [1.29, 1.82) is 0 Å². The number of nitrogens with one attached hydrogen (secondary N) is 1.